The summed E-state index contributed by atoms with van der Waals surface area (Å²) in [6.45, 7) is 3.24. The molecule has 1 fully saturated rings. The van der Waals surface area contributed by atoms with Crippen LogP contribution in [0.4, 0.5) is 8.78 Å². The Morgan fingerprint density at radius 2 is 1.80 bits per heavy atom. The Labute approximate surface area is 234 Å². The van der Waals surface area contributed by atoms with E-state index in [0.717, 1.165) is 25.0 Å². The molecule has 0 spiro atoms. The van der Waals surface area contributed by atoms with Crippen LogP contribution in [0.15, 0.2) is 18.2 Å². The summed E-state index contributed by atoms with van der Waals surface area (Å²) in [6, 6.07) is 3.54. The molecule has 5 N–H and O–H groups in total. The van der Waals surface area contributed by atoms with E-state index in [1.165, 1.54) is 0 Å². The van der Waals surface area contributed by atoms with Crippen LogP contribution in [-0.2, 0) is 30.6 Å². The zero-order valence-electron chi connectivity index (χ0n) is 23.0. The van der Waals surface area contributed by atoms with Crippen LogP contribution >= 0.6 is 0 Å². The smallest absolute Gasteiger partial charge is 0.337 e. The lowest BCUT2D eigenvalue weighted by Gasteiger charge is -2.32. The molecule has 1 amide bonds. The minimum atomic E-state index is -4.09. The van der Waals surface area contributed by atoms with Crippen LogP contribution in [0.25, 0.3) is 0 Å². The molecule has 1 aromatic carbocycles. The number of rotatable bonds is 18. The average Bonchev–Trinajstić information content (AvgIpc) is 3.70. The van der Waals surface area contributed by atoms with Crippen LogP contribution < -0.4 is 16.4 Å². The minimum absolute atomic E-state index is 0.0188. The maximum Gasteiger partial charge on any atom is 0.337 e. The second-order valence-electron chi connectivity index (χ2n) is 10.3. The normalized spacial score (nSPS) is 16.6. The van der Waals surface area contributed by atoms with E-state index >= 15 is 0 Å². The fourth-order valence-corrected chi connectivity index (χ4v) is 6.71. The Bertz CT molecular complexity index is 1130. The molecule has 1 saturated carbocycles. The molecule has 224 valence electrons. The fourth-order valence-electron chi connectivity index (χ4n) is 4.40. The molecule has 0 radical (unpaired) electrons. The number of sulfone groups is 1. The summed E-state index contributed by atoms with van der Waals surface area (Å²) in [4.78, 5) is 26.7. The Balaban J connectivity index is 2.39. The molecule has 0 bridgehead atoms. The van der Waals surface area contributed by atoms with Gasteiger partial charge in [0, 0.05) is 18.7 Å². The van der Waals surface area contributed by atoms with Crippen molar-refractivity contribution in [2.75, 3.05) is 18.9 Å². The number of hydrogen-bond donors (Lipinski definition) is 4. The van der Waals surface area contributed by atoms with Crippen molar-refractivity contribution >= 4 is 21.7 Å². The van der Waals surface area contributed by atoms with Gasteiger partial charge in [0.15, 0.2) is 9.84 Å². The summed E-state index contributed by atoms with van der Waals surface area (Å²) in [5.74, 6) is -5.33. The van der Waals surface area contributed by atoms with Crippen molar-refractivity contribution < 1.29 is 36.6 Å². The van der Waals surface area contributed by atoms with Gasteiger partial charge in [-0.1, -0.05) is 26.7 Å². The van der Waals surface area contributed by atoms with E-state index in [0.29, 0.717) is 31.7 Å². The van der Waals surface area contributed by atoms with Gasteiger partial charge in [-0.05, 0) is 49.8 Å². The summed E-state index contributed by atoms with van der Waals surface area (Å²) >= 11 is 0. The van der Waals surface area contributed by atoms with Crippen molar-refractivity contribution in [2.45, 2.75) is 94.2 Å². The quantitative estimate of drug-likeness (QED) is 0.113. The number of aliphatic hydroxyl groups excluding tert-OH is 1. The molecule has 1 aromatic rings. The van der Waals surface area contributed by atoms with E-state index in [9.17, 15) is 31.9 Å². The number of carbonyl (C=O) groups excluding carboxylic acids is 2. The SMILES string of the molecule is CCCC(CCC)S(=O)(=O)C[C@@](N)(C(=O)N[C@@H](Cc1cc(F)cc(F)c1)[C@H](O)CNC1CC1)C(=O)OCCC#N. The summed E-state index contributed by atoms with van der Waals surface area (Å²) in [5, 5.41) is 24.4. The summed E-state index contributed by atoms with van der Waals surface area (Å²) < 4.78 is 59.5. The molecule has 1 aliphatic rings. The Morgan fingerprint density at radius 1 is 1.20 bits per heavy atom. The predicted molar refractivity (Wildman–Crippen MR) is 145 cm³/mol. The highest BCUT2D eigenvalue weighted by Crippen LogP contribution is 2.22. The largest absolute Gasteiger partial charge is 0.463 e. The summed E-state index contributed by atoms with van der Waals surface area (Å²) in [7, 11) is -4.09. The maximum atomic E-state index is 13.9. The molecule has 10 nitrogen and oxygen atoms in total. The fraction of sp³-hybridized carbons (Fsp3) is 0.667. The number of nitriles is 1. The first-order valence-electron chi connectivity index (χ1n) is 13.6. The van der Waals surface area contributed by atoms with Gasteiger partial charge in [0.2, 0.25) is 5.54 Å². The highest BCUT2D eigenvalue weighted by molar-refractivity contribution is 7.92. The minimum Gasteiger partial charge on any atom is -0.463 e. The van der Waals surface area contributed by atoms with Crippen LogP contribution in [0, 0.1) is 23.0 Å². The number of ether oxygens (including phenoxy) is 1. The molecule has 0 aromatic heterocycles. The van der Waals surface area contributed by atoms with Gasteiger partial charge in [0.05, 0.1) is 35.6 Å². The van der Waals surface area contributed by atoms with Crippen LogP contribution in [0.5, 0.6) is 0 Å². The Kier molecular flexibility index (Phi) is 12.9. The summed E-state index contributed by atoms with van der Waals surface area (Å²) in [5.41, 5.74) is 3.65. The predicted octanol–water partition coefficient (Wildman–Crippen LogP) is 1.64. The van der Waals surface area contributed by atoms with Crippen molar-refractivity contribution in [3.8, 4) is 6.07 Å². The van der Waals surface area contributed by atoms with E-state index < -0.39 is 68.6 Å². The molecule has 13 heteroatoms. The first-order chi connectivity index (χ1) is 18.9. The monoisotopic (exact) mass is 586 g/mol. The second kappa shape index (κ2) is 15.4. The van der Waals surface area contributed by atoms with Gasteiger partial charge in [-0.25, -0.2) is 22.0 Å². The van der Waals surface area contributed by atoms with Crippen molar-refractivity contribution in [1.82, 2.24) is 10.6 Å². The van der Waals surface area contributed by atoms with Crippen molar-refractivity contribution in [1.29, 1.82) is 5.26 Å². The number of aliphatic hydroxyl groups is 1. The topological polar surface area (TPSA) is 172 Å². The van der Waals surface area contributed by atoms with Gasteiger partial charge in [0.25, 0.3) is 5.91 Å². The molecule has 0 aliphatic heterocycles. The number of hydrogen-bond acceptors (Lipinski definition) is 9. The molecular formula is C27H40F2N4O6S. The van der Waals surface area contributed by atoms with Gasteiger partial charge in [-0.15, -0.1) is 0 Å². The molecule has 40 heavy (non-hydrogen) atoms. The number of nitrogens with one attached hydrogen (secondary N) is 2. The molecule has 0 heterocycles. The highest BCUT2D eigenvalue weighted by atomic mass is 32.2. The van der Waals surface area contributed by atoms with Gasteiger partial charge in [-0.3, -0.25) is 4.79 Å². The molecule has 1 aliphatic carbocycles. The van der Waals surface area contributed by atoms with Crippen molar-refractivity contribution in [2.24, 2.45) is 5.73 Å². The number of halogens is 2. The van der Waals surface area contributed by atoms with Crippen molar-refractivity contribution in [3.63, 3.8) is 0 Å². The number of nitrogens with two attached hydrogens (primary N) is 1. The van der Waals surface area contributed by atoms with Crippen LogP contribution in [0.1, 0.15) is 64.4 Å². The molecule has 0 saturated heterocycles. The first kappa shape index (κ1) is 33.5. The lowest BCUT2D eigenvalue weighted by Crippen LogP contribution is -2.67. The van der Waals surface area contributed by atoms with E-state index in [1.54, 1.807) is 6.07 Å². The number of carbonyl (C=O) groups is 2. The molecule has 0 unspecified atom stereocenters. The lowest BCUT2D eigenvalue weighted by molar-refractivity contribution is -0.153. The standard InChI is InChI=1S/C27H40F2N4O6S/c1-3-6-22(7-4-2)40(37,38)17-27(31,26(36)39-11-5-10-30)25(35)33-23(24(34)16-32-21-8-9-21)14-18-12-19(28)15-20(29)13-18/h12-13,15,21-24,32,34H,3-9,11,14,16-17,31H2,1-2H3,(H,33,35)/t23-,24+,27+/m0/s1. The molecule has 3 atom stereocenters. The average molecular weight is 587 g/mol. The zero-order chi connectivity index (χ0) is 29.9. The maximum absolute atomic E-state index is 13.9. The lowest BCUT2D eigenvalue weighted by atomic mass is 9.97. The van der Waals surface area contributed by atoms with Gasteiger partial charge < -0.3 is 26.2 Å². The molecule has 2 rings (SSSR count). The summed E-state index contributed by atoms with van der Waals surface area (Å²) in [6.07, 6.45) is 1.80. The number of benzene rings is 1. The van der Waals surface area contributed by atoms with E-state index in [4.69, 9.17) is 15.7 Å². The number of amides is 1. The van der Waals surface area contributed by atoms with Gasteiger partial charge in [0.1, 0.15) is 18.2 Å². The van der Waals surface area contributed by atoms with Crippen LogP contribution in [0.3, 0.4) is 0 Å². The second-order valence-corrected chi connectivity index (χ2v) is 12.6. The van der Waals surface area contributed by atoms with Crippen LogP contribution in [0.2, 0.25) is 0 Å². The zero-order valence-corrected chi connectivity index (χ0v) is 23.8. The van der Waals surface area contributed by atoms with E-state index in [-0.39, 0.29) is 31.0 Å². The highest BCUT2D eigenvalue weighted by Gasteiger charge is 2.49. The number of esters is 1. The van der Waals surface area contributed by atoms with Crippen molar-refractivity contribution in [3.05, 3.63) is 35.4 Å². The third-order valence-electron chi connectivity index (χ3n) is 6.73. The van der Waals surface area contributed by atoms with E-state index in [1.807, 2.05) is 13.8 Å². The first-order valence-corrected chi connectivity index (χ1v) is 15.3. The number of nitrogens with zero attached hydrogens (tertiary/aromatic N) is 1. The van der Waals surface area contributed by atoms with Gasteiger partial charge in [-0.2, -0.15) is 5.26 Å². The van der Waals surface area contributed by atoms with Crippen LogP contribution in [-0.4, -0.2) is 73.3 Å². The molecular weight excluding hydrogens is 546 g/mol. The Hall–Kier alpha value is -2.66. The van der Waals surface area contributed by atoms with Gasteiger partial charge >= 0.3 is 5.97 Å². The third kappa shape index (κ3) is 10.1. The van der Waals surface area contributed by atoms with E-state index in [2.05, 4.69) is 10.6 Å². The Morgan fingerprint density at radius 3 is 2.33 bits per heavy atom. The third-order valence-corrected chi connectivity index (χ3v) is 9.07.